The van der Waals surface area contributed by atoms with Crippen molar-refractivity contribution in [3.63, 3.8) is 0 Å². The summed E-state index contributed by atoms with van der Waals surface area (Å²) in [6.07, 6.45) is 12.8. The highest BCUT2D eigenvalue weighted by molar-refractivity contribution is 5.81. The number of nitrogens with zero attached hydrogens (tertiary/aromatic N) is 4. The molecule has 2 aromatic heterocycles. The Balaban J connectivity index is 1.43. The van der Waals surface area contributed by atoms with Crippen LogP contribution in [0.5, 0.6) is 0 Å². The lowest BCUT2D eigenvalue weighted by atomic mass is 9.96. The first-order valence-electron chi connectivity index (χ1n) is 9.34. The van der Waals surface area contributed by atoms with E-state index in [-0.39, 0.29) is 0 Å². The van der Waals surface area contributed by atoms with E-state index in [1.165, 1.54) is 48.6 Å². The minimum Gasteiger partial charge on any atom is -0.298 e. The van der Waals surface area contributed by atoms with Crippen molar-refractivity contribution < 1.29 is 0 Å². The standard InChI is InChI=1S/C21H26N4/c1-24(16-18-7-5-11-21-20(18)10-6-12-22-21)14-17-13-23-25(15-17)19-8-3-2-4-9-19/h5-7,10-13,15,19H,2-4,8-9,14,16H2,1H3. The first kappa shape index (κ1) is 16.3. The van der Waals surface area contributed by atoms with E-state index in [1.54, 1.807) is 0 Å². The molecule has 0 aliphatic heterocycles. The third kappa shape index (κ3) is 3.74. The minimum absolute atomic E-state index is 0.608. The molecule has 4 rings (SSSR count). The molecule has 0 amide bonds. The van der Waals surface area contributed by atoms with Crippen molar-refractivity contribution in [1.29, 1.82) is 0 Å². The van der Waals surface area contributed by atoms with E-state index < -0.39 is 0 Å². The SMILES string of the molecule is CN(Cc1cnn(C2CCCCC2)c1)Cc1cccc2ncccc12. The molecule has 3 aromatic rings. The highest BCUT2D eigenvalue weighted by atomic mass is 15.3. The molecule has 25 heavy (non-hydrogen) atoms. The van der Waals surface area contributed by atoms with Crippen LogP contribution in [0.25, 0.3) is 10.9 Å². The Bertz CT molecular complexity index is 827. The van der Waals surface area contributed by atoms with Crippen LogP contribution in [-0.2, 0) is 13.1 Å². The maximum absolute atomic E-state index is 4.63. The van der Waals surface area contributed by atoms with Crippen LogP contribution in [0.3, 0.4) is 0 Å². The van der Waals surface area contributed by atoms with Gasteiger partial charge in [-0.3, -0.25) is 14.6 Å². The topological polar surface area (TPSA) is 34.0 Å². The van der Waals surface area contributed by atoms with Crippen molar-refractivity contribution >= 4 is 10.9 Å². The molecule has 1 saturated carbocycles. The molecule has 0 radical (unpaired) electrons. The van der Waals surface area contributed by atoms with E-state index in [2.05, 4.69) is 57.2 Å². The molecule has 1 aliphatic carbocycles. The molecule has 130 valence electrons. The van der Waals surface area contributed by atoms with Gasteiger partial charge in [0.25, 0.3) is 0 Å². The van der Waals surface area contributed by atoms with Gasteiger partial charge < -0.3 is 0 Å². The Morgan fingerprint density at radius 1 is 1.08 bits per heavy atom. The van der Waals surface area contributed by atoms with Gasteiger partial charge in [-0.15, -0.1) is 0 Å². The lowest BCUT2D eigenvalue weighted by Gasteiger charge is -2.22. The van der Waals surface area contributed by atoms with Crippen LogP contribution < -0.4 is 0 Å². The fraction of sp³-hybridized carbons (Fsp3) is 0.429. The van der Waals surface area contributed by atoms with Crippen LogP contribution in [0.4, 0.5) is 0 Å². The predicted octanol–water partition coefficient (Wildman–Crippen LogP) is 4.57. The second-order valence-corrected chi connectivity index (χ2v) is 7.28. The Labute approximate surface area is 149 Å². The summed E-state index contributed by atoms with van der Waals surface area (Å²) in [4.78, 5) is 6.81. The van der Waals surface area contributed by atoms with E-state index in [0.717, 1.165) is 18.6 Å². The van der Waals surface area contributed by atoms with Crippen molar-refractivity contribution in [3.8, 4) is 0 Å². The van der Waals surface area contributed by atoms with Gasteiger partial charge in [-0.05, 0) is 37.6 Å². The number of hydrogen-bond donors (Lipinski definition) is 0. The molecule has 2 heterocycles. The Kier molecular flexibility index (Phi) is 4.79. The zero-order chi connectivity index (χ0) is 17.1. The van der Waals surface area contributed by atoms with Crippen LogP contribution in [0.1, 0.15) is 49.3 Å². The Hall–Kier alpha value is -2.20. The van der Waals surface area contributed by atoms with Gasteiger partial charge >= 0.3 is 0 Å². The van der Waals surface area contributed by atoms with Gasteiger partial charge in [0.2, 0.25) is 0 Å². The molecular weight excluding hydrogens is 308 g/mol. The number of pyridine rings is 1. The molecule has 0 saturated heterocycles. The molecule has 0 bridgehead atoms. The monoisotopic (exact) mass is 334 g/mol. The number of fused-ring (bicyclic) bond motifs is 1. The van der Waals surface area contributed by atoms with Gasteiger partial charge in [0.1, 0.15) is 0 Å². The van der Waals surface area contributed by atoms with Gasteiger partial charge in [0, 0.05) is 36.4 Å². The van der Waals surface area contributed by atoms with Crippen molar-refractivity contribution in [2.24, 2.45) is 0 Å². The molecule has 1 fully saturated rings. The van der Waals surface area contributed by atoms with E-state index in [9.17, 15) is 0 Å². The highest BCUT2D eigenvalue weighted by Gasteiger charge is 2.16. The van der Waals surface area contributed by atoms with Crippen LogP contribution in [0.2, 0.25) is 0 Å². The molecule has 4 heteroatoms. The maximum Gasteiger partial charge on any atom is 0.0705 e. The van der Waals surface area contributed by atoms with Crippen LogP contribution in [0, 0.1) is 0 Å². The van der Waals surface area contributed by atoms with Gasteiger partial charge in [-0.1, -0.05) is 37.5 Å². The smallest absolute Gasteiger partial charge is 0.0705 e. The first-order chi connectivity index (χ1) is 12.3. The van der Waals surface area contributed by atoms with E-state index in [4.69, 9.17) is 0 Å². The van der Waals surface area contributed by atoms with Gasteiger partial charge in [0.05, 0.1) is 17.8 Å². The largest absolute Gasteiger partial charge is 0.298 e. The number of aromatic nitrogens is 3. The van der Waals surface area contributed by atoms with E-state index in [1.807, 2.05) is 18.5 Å². The molecule has 1 aromatic carbocycles. The summed E-state index contributed by atoms with van der Waals surface area (Å²) in [5, 5.41) is 5.88. The number of benzene rings is 1. The zero-order valence-electron chi connectivity index (χ0n) is 14.9. The summed E-state index contributed by atoms with van der Waals surface area (Å²) in [5.41, 5.74) is 3.69. The molecule has 0 atom stereocenters. The Morgan fingerprint density at radius 2 is 1.96 bits per heavy atom. The highest BCUT2D eigenvalue weighted by Crippen LogP contribution is 2.27. The molecule has 1 aliphatic rings. The third-order valence-corrected chi connectivity index (χ3v) is 5.23. The average Bonchev–Trinajstić information content (AvgIpc) is 3.11. The van der Waals surface area contributed by atoms with E-state index >= 15 is 0 Å². The van der Waals surface area contributed by atoms with Crippen molar-refractivity contribution in [2.45, 2.75) is 51.2 Å². The zero-order valence-corrected chi connectivity index (χ0v) is 14.9. The van der Waals surface area contributed by atoms with Crippen molar-refractivity contribution in [3.05, 3.63) is 60.0 Å². The van der Waals surface area contributed by atoms with Gasteiger partial charge in [0.15, 0.2) is 0 Å². The fourth-order valence-electron chi connectivity index (χ4n) is 3.97. The van der Waals surface area contributed by atoms with Gasteiger partial charge in [-0.2, -0.15) is 5.10 Å². The lowest BCUT2D eigenvalue weighted by molar-refractivity contribution is 0.316. The predicted molar refractivity (Wildman–Crippen MR) is 101 cm³/mol. The number of hydrogen-bond acceptors (Lipinski definition) is 3. The summed E-state index contributed by atoms with van der Waals surface area (Å²) in [5.74, 6) is 0. The molecule has 0 unspecified atom stereocenters. The van der Waals surface area contributed by atoms with Gasteiger partial charge in [-0.25, -0.2) is 0 Å². The van der Waals surface area contributed by atoms with E-state index in [0.29, 0.717) is 6.04 Å². The van der Waals surface area contributed by atoms with Crippen molar-refractivity contribution in [2.75, 3.05) is 7.05 Å². The molecule has 4 nitrogen and oxygen atoms in total. The summed E-state index contributed by atoms with van der Waals surface area (Å²) in [6, 6.07) is 11.2. The van der Waals surface area contributed by atoms with Crippen LogP contribution in [-0.4, -0.2) is 26.7 Å². The number of rotatable bonds is 5. The normalized spacial score (nSPS) is 15.9. The fourth-order valence-corrected chi connectivity index (χ4v) is 3.97. The summed E-state index contributed by atoms with van der Waals surface area (Å²) in [7, 11) is 2.17. The summed E-state index contributed by atoms with van der Waals surface area (Å²) < 4.78 is 2.20. The quantitative estimate of drug-likeness (QED) is 0.685. The third-order valence-electron chi connectivity index (χ3n) is 5.23. The van der Waals surface area contributed by atoms with Crippen LogP contribution in [0.15, 0.2) is 48.9 Å². The molecule has 0 spiro atoms. The van der Waals surface area contributed by atoms with Crippen LogP contribution >= 0.6 is 0 Å². The summed E-state index contributed by atoms with van der Waals surface area (Å²) >= 11 is 0. The second-order valence-electron chi connectivity index (χ2n) is 7.28. The first-order valence-corrected chi connectivity index (χ1v) is 9.34. The average molecular weight is 334 g/mol. The molecule has 0 N–H and O–H groups in total. The minimum atomic E-state index is 0.608. The lowest BCUT2D eigenvalue weighted by Crippen LogP contribution is -2.17. The maximum atomic E-state index is 4.63. The Morgan fingerprint density at radius 3 is 2.84 bits per heavy atom. The summed E-state index contributed by atoms with van der Waals surface area (Å²) in [6.45, 7) is 1.83. The second kappa shape index (κ2) is 7.36. The molecular formula is C21H26N4. The van der Waals surface area contributed by atoms with Crippen molar-refractivity contribution in [1.82, 2.24) is 19.7 Å².